The Morgan fingerprint density at radius 3 is 2.42 bits per heavy atom. The zero-order valence-corrected chi connectivity index (χ0v) is 16.0. The number of hydrogen-bond acceptors (Lipinski definition) is 2. The van der Waals surface area contributed by atoms with E-state index in [2.05, 4.69) is 34.4 Å². The summed E-state index contributed by atoms with van der Waals surface area (Å²) in [4.78, 5) is 6.77. The summed E-state index contributed by atoms with van der Waals surface area (Å²) in [5, 5.41) is 6.37. The van der Waals surface area contributed by atoms with Crippen LogP contribution in [0.5, 0.6) is 0 Å². The van der Waals surface area contributed by atoms with E-state index in [1.54, 1.807) is 6.07 Å². The molecule has 2 N–H and O–H groups in total. The largest absolute Gasteiger partial charge is 0.416 e. The highest BCUT2D eigenvalue weighted by Crippen LogP contribution is 2.29. The van der Waals surface area contributed by atoms with Gasteiger partial charge >= 0.3 is 6.18 Å². The van der Waals surface area contributed by atoms with Crippen molar-refractivity contribution in [1.82, 2.24) is 15.5 Å². The molecule has 7 heteroatoms. The Kier molecular flexibility index (Phi) is 10.1. The van der Waals surface area contributed by atoms with E-state index in [1.165, 1.54) is 6.07 Å². The van der Waals surface area contributed by atoms with Crippen molar-refractivity contribution in [2.45, 2.75) is 46.3 Å². The maximum atomic E-state index is 12.8. The Bertz CT molecular complexity index is 540. The second-order valence-electron chi connectivity index (χ2n) is 6.05. The number of benzene rings is 1. The number of guanidine groups is 1. The zero-order valence-electron chi connectivity index (χ0n) is 16.0. The monoisotopic (exact) mass is 372 g/mol. The standard InChI is InChI=1S/C19H31F3N4/c1-4-23-18(24-12-7-8-13-26(5-2)6-3)25-15-16-10-9-11-17(14-16)19(20,21)22/h9-11,14H,4-8,12-13,15H2,1-3H3,(H2,23,24,25). The lowest BCUT2D eigenvalue weighted by molar-refractivity contribution is -0.137. The molecule has 0 atom stereocenters. The zero-order chi connectivity index (χ0) is 19.4. The lowest BCUT2D eigenvalue weighted by Crippen LogP contribution is -2.38. The third-order valence-corrected chi connectivity index (χ3v) is 4.11. The van der Waals surface area contributed by atoms with Gasteiger partial charge in [0, 0.05) is 13.1 Å². The van der Waals surface area contributed by atoms with Crippen molar-refractivity contribution in [3.05, 3.63) is 35.4 Å². The third-order valence-electron chi connectivity index (χ3n) is 4.11. The van der Waals surface area contributed by atoms with Crippen molar-refractivity contribution < 1.29 is 13.2 Å². The van der Waals surface area contributed by atoms with Crippen LogP contribution in [0.25, 0.3) is 0 Å². The summed E-state index contributed by atoms with van der Waals surface area (Å²) in [5.74, 6) is 0.632. The van der Waals surface area contributed by atoms with Crippen LogP contribution in [0, 0.1) is 0 Å². The minimum Gasteiger partial charge on any atom is -0.357 e. The SMILES string of the molecule is CCNC(=NCc1cccc(C(F)(F)F)c1)NCCCCN(CC)CC. The summed E-state index contributed by atoms with van der Waals surface area (Å²) in [6.45, 7) is 11.2. The molecule has 0 radical (unpaired) electrons. The van der Waals surface area contributed by atoms with Crippen LogP contribution in [0.15, 0.2) is 29.3 Å². The van der Waals surface area contributed by atoms with Gasteiger partial charge < -0.3 is 15.5 Å². The number of rotatable bonds is 10. The topological polar surface area (TPSA) is 39.7 Å². The van der Waals surface area contributed by atoms with Gasteiger partial charge in [0.1, 0.15) is 0 Å². The fraction of sp³-hybridized carbons (Fsp3) is 0.632. The molecule has 0 aliphatic rings. The van der Waals surface area contributed by atoms with Crippen molar-refractivity contribution in [3.8, 4) is 0 Å². The molecule has 0 aromatic heterocycles. The average Bonchev–Trinajstić information content (AvgIpc) is 2.62. The van der Waals surface area contributed by atoms with Crippen LogP contribution in [0.1, 0.15) is 44.7 Å². The van der Waals surface area contributed by atoms with Crippen LogP contribution in [0.4, 0.5) is 13.2 Å². The summed E-state index contributed by atoms with van der Waals surface area (Å²) in [7, 11) is 0. The first-order valence-corrected chi connectivity index (χ1v) is 9.31. The molecular formula is C19H31F3N4. The van der Waals surface area contributed by atoms with Gasteiger partial charge in [0.2, 0.25) is 0 Å². The van der Waals surface area contributed by atoms with Crippen LogP contribution >= 0.6 is 0 Å². The van der Waals surface area contributed by atoms with E-state index >= 15 is 0 Å². The highest BCUT2D eigenvalue weighted by Gasteiger charge is 2.30. The first-order chi connectivity index (χ1) is 12.4. The number of aliphatic imine (C=N–C) groups is 1. The molecule has 4 nitrogen and oxygen atoms in total. The smallest absolute Gasteiger partial charge is 0.357 e. The Morgan fingerprint density at radius 2 is 1.81 bits per heavy atom. The molecular weight excluding hydrogens is 341 g/mol. The van der Waals surface area contributed by atoms with Crippen LogP contribution in [0.2, 0.25) is 0 Å². The third kappa shape index (κ3) is 8.56. The normalized spacial score (nSPS) is 12.5. The molecule has 0 saturated heterocycles. The van der Waals surface area contributed by atoms with Gasteiger partial charge in [-0.1, -0.05) is 26.0 Å². The Morgan fingerprint density at radius 1 is 1.08 bits per heavy atom. The van der Waals surface area contributed by atoms with Crippen LogP contribution in [0.3, 0.4) is 0 Å². The van der Waals surface area contributed by atoms with Crippen molar-refractivity contribution in [3.63, 3.8) is 0 Å². The molecule has 0 amide bonds. The van der Waals surface area contributed by atoms with E-state index in [0.717, 1.165) is 51.2 Å². The van der Waals surface area contributed by atoms with Gasteiger partial charge in [-0.25, -0.2) is 4.99 Å². The lowest BCUT2D eigenvalue weighted by atomic mass is 10.1. The minimum absolute atomic E-state index is 0.207. The highest BCUT2D eigenvalue weighted by atomic mass is 19.4. The van der Waals surface area contributed by atoms with Crippen LogP contribution in [-0.4, -0.2) is 43.6 Å². The first-order valence-electron chi connectivity index (χ1n) is 9.31. The van der Waals surface area contributed by atoms with Gasteiger partial charge in [-0.3, -0.25) is 0 Å². The van der Waals surface area contributed by atoms with Crippen LogP contribution < -0.4 is 10.6 Å². The maximum absolute atomic E-state index is 12.8. The van der Waals surface area contributed by atoms with Crippen molar-refractivity contribution in [2.75, 3.05) is 32.7 Å². The van der Waals surface area contributed by atoms with Gasteiger partial charge in [0.05, 0.1) is 12.1 Å². The van der Waals surface area contributed by atoms with Gasteiger partial charge in [0.15, 0.2) is 5.96 Å². The van der Waals surface area contributed by atoms with Crippen LogP contribution in [-0.2, 0) is 12.7 Å². The predicted octanol–water partition coefficient (Wildman–Crippen LogP) is 3.88. The molecule has 0 bridgehead atoms. The van der Waals surface area contributed by atoms with E-state index in [1.807, 2.05) is 6.92 Å². The van der Waals surface area contributed by atoms with Crippen molar-refractivity contribution >= 4 is 5.96 Å². The van der Waals surface area contributed by atoms with E-state index in [0.29, 0.717) is 18.1 Å². The number of hydrogen-bond donors (Lipinski definition) is 2. The molecule has 0 aliphatic heterocycles. The average molecular weight is 372 g/mol. The number of nitrogens with zero attached hydrogens (tertiary/aromatic N) is 2. The summed E-state index contributed by atoms with van der Waals surface area (Å²) in [6, 6.07) is 5.30. The molecule has 0 fully saturated rings. The quantitative estimate of drug-likeness (QED) is 0.372. The van der Waals surface area contributed by atoms with Crippen molar-refractivity contribution in [2.24, 2.45) is 4.99 Å². The maximum Gasteiger partial charge on any atom is 0.416 e. The summed E-state index contributed by atoms with van der Waals surface area (Å²) in [6.07, 6.45) is -2.21. The van der Waals surface area contributed by atoms with E-state index in [4.69, 9.17) is 0 Å². The molecule has 0 spiro atoms. The molecule has 0 unspecified atom stereocenters. The number of alkyl halides is 3. The van der Waals surface area contributed by atoms with Crippen molar-refractivity contribution in [1.29, 1.82) is 0 Å². The summed E-state index contributed by atoms with van der Waals surface area (Å²) < 4.78 is 38.3. The predicted molar refractivity (Wildman–Crippen MR) is 101 cm³/mol. The number of unbranched alkanes of at least 4 members (excludes halogenated alkanes) is 1. The van der Waals surface area contributed by atoms with Gasteiger partial charge in [0.25, 0.3) is 0 Å². The highest BCUT2D eigenvalue weighted by molar-refractivity contribution is 5.79. The Labute approximate surface area is 154 Å². The van der Waals surface area contributed by atoms with Gasteiger partial charge in [-0.2, -0.15) is 13.2 Å². The molecule has 1 aromatic carbocycles. The van der Waals surface area contributed by atoms with E-state index < -0.39 is 11.7 Å². The Balaban J connectivity index is 2.51. The Hall–Kier alpha value is -1.76. The fourth-order valence-corrected chi connectivity index (χ4v) is 2.57. The first kappa shape index (κ1) is 22.3. The minimum atomic E-state index is -4.33. The van der Waals surface area contributed by atoms with E-state index in [-0.39, 0.29) is 6.54 Å². The number of nitrogens with one attached hydrogen (secondary N) is 2. The van der Waals surface area contributed by atoms with Gasteiger partial charge in [-0.05, 0) is 57.1 Å². The molecule has 0 heterocycles. The lowest BCUT2D eigenvalue weighted by Gasteiger charge is -2.18. The molecule has 0 saturated carbocycles. The molecule has 0 aliphatic carbocycles. The summed E-state index contributed by atoms with van der Waals surface area (Å²) >= 11 is 0. The second-order valence-corrected chi connectivity index (χ2v) is 6.05. The summed E-state index contributed by atoms with van der Waals surface area (Å²) in [5.41, 5.74) is -0.0990. The number of halogens is 3. The molecule has 26 heavy (non-hydrogen) atoms. The van der Waals surface area contributed by atoms with Gasteiger partial charge in [-0.15, -0.1) is 0 Å². The molecule has 1 rings (SSSR count). The molecule has 1 aromatic rings. The molecule has 148 valence electrons. The fourth-order valence-electron chi connectivity index (χ4n) is 2.57. The van der Waals surface area contributed by atoms with E-state index in [9.17, 15) is 13.2 Å². The second kappa shape index (κ2) is 11.8.